The summed E-state index contributed by atoms with van der Waals surface area (Å²) in [6.45, 7) is 2.91. The number of H-pyrrole nitrogens is 1. The number of imidazole rings is 1. The van der Waals surface area contributed by atoms with Gasteiger partial charge in [0.1, 0.15) is 5.75 Å². The molecule has 0 bridgehead atoms. The Morgan fingerprint density at radius 1 is 1.06 bits per heavy atom. The van der Waals surface area contributed by atoms with E-state index in [-0.39, 0.29) is 0 Å². The number of fused-ring (bicyclic) bond motifs is 2. The van der Waals surface area contributed by atoms with E-state index in [0.717, 1.165) is 45.5 Å². The molecule has 0 spiro atoms. The Balaban J connectivity index is 1.51. The topological polar surface area (TPSA) is 67.2 Å². The smallest absolute Gasteiger partial charge is 0.222 e. The van der Waals surface area contributed by atoms with Gasteiger partial charge in [0.25, 0.3) is 0 Å². The lowest BCUT2D eigenvalue weighted by Gasteiger charge is -2.09. The number of methoxy groups -OCH3 is 1. The first-order chi connectivity index (χ1) is 15.2. The maximum absolute atomic E-state index is 5.47. The third-order valence-electron chi connectivity index (χ3n) is 5.52. The second-order valence-electron chi connectivity index (χ2n) is 7.43. The highest BCUT2D eigenvalue weighted by molar-refractivity contribution is 6.02. The van der Waals surface area contributed by atoms with Gasteiger partial charge in [-0.1, -0.05) is 42.5 Å². The maximum Gasteiger partial charge on any atom is 0.222 e. The quantitative estimate of drug-likeness (QED) is 0.294. The van der Waals surface area contributed by atoms with Gasteiger partial charge in [0, 0.05) is 28.7 Å². The summed E-state index contributed by atoms with van der Waals surface area (Å²) in [7, 11) is 1.69. The largest absolute Gasteiger partial charge is 0.497 e. The van der Waals surface area contributed by atoms with Crippen LogP contribution in [0, 0.1) is 6.92 Å². The summed E-state index contributed by atoms with van der Waals surface area (Å²) in [5.41, 5.74) is 9.49. The monoisotopic (exact) mass is 409 g/mol. The Morgan fingerprint density at radius 2 is 1.87 bits per heavy atom. The highest BCUT2D eigenvalue weighted by atomic mass is 16.5. The van der Waals surface area contributed by atoms with Crippen molar-refractivity contribution in [1.82, 2.24) is 14.5 Å². The average molecular weight is 409 g/mol. The lowest BCUT2D eigenvalue weighted by Crippen LogP contribution is -2.02. The van der Waals surface area contributed by atoms with Crippen molar-refractivity contribution < 1.29 is 4.74 Å². The molecule has 0 amide bonds. The number of benzene rings is 3. The molecule has 0 fully saturated rings. The molecule has 0 aliphatic rings. The SMILES string of the molecule is COc1ccc2c(c1)c(/C=N/Nc1nc3ccccc3[nH]1)c(C)n2Cc1ccccc1. The minimum Gasteiger partial charge on any atom is -0.497 e. The second-order valence-corrected chi connectivity index (χ2v) is 7.43. The number of anilines is 1. The van der Waals surface area contributed by atoms with E-state index in [2.05, 4.69) is 68.4 Å². The molecule has 0 saturated heterocycles. The molecule has 0 unspecified atom stereocenters. The fourth-order valence-electron chi connectivity index (χ4n) is 3.91. The van der Waals surface area contributed by atoms with Crippen LogP contribution in [0.2, 0.25) is 0 Å². The van der Waals surface area contributed by atoms with Crippen LogP contribution in [0.25, 0.3) is 21.9 Å². The molecule has 2 aromatic heterocycles. The zero-order chi connectivity index (χ0) is 21.2. The number of hydrazone groups is 1. The molecule has 0 aliphatic carbocycles. The van der Waals surface area contributed by atoms with E-state index in [1.165, 1.54) is 5.56 Å². The van der Waals surface area contributed by atoms with E-state index in [1.54, 1.807) is 7.11 Å². The van der Waals surface area contributed by atoms with E-state index >= 15 is 0 Å². The van der Waals surface area contributed by atoms with Crippen LogP contribution >= 0.6 is 0 Å². The van der Waals surface area contributed by atoms with Gasteiger partial charge < -0.3 is 14.3 Å². The van der Waals surface area contributed by atoms with Gasteiger partial charge in [-0.3, -0.25) is 0 Å². The molecule has 3 aromatic carbocycles. The van der Waals surface area contributed by atoms with Gasteiger partial charge in [-0.25, -0.2) is 10.4 Å². The molecule has 0 aliphatic heterocycles. The molecular formula is C25H23N5O. The number of nitrogens with zero attached hydrogens (tertiary/aromatic N) is 3. The summed E-state index contributed by atoms with van der Waals surface area (Å²) in [6.07, 6.45) is 1.85. The summed E-state index contributed by atoms with van der Waals surface area (Å²) in [6, 6.07) is 24.5. The lowest BCUT2D eigenvalue weighted by molar-refractivity contribution is 0.415. The number of para-hydroxylation sites is 2. The average Bonchev–Trinajstić information content (AvgIpc) is 3.33. The van der Waals surface area contributed by atoms with Crippen LogP contribution < -0.4 is 10.2 Å². The van der Waals surface area contributed by atoms with Crippen molar-refractivity contribution in [2.45, 2.75) is 13.5 Å². The number of hydrogen-bond donors (Lipinski definition) is 2. The highest BCUT2D eigenvalue weighted by Gasteiger charge is 2.14. The van der Waals surface area contributed by atoms with Crippen molar-refractivity contribution >= 4 is 34.1 Å². The normalized spacial score (nSPS) is 11.5. The Bertz CT molecular complexity index is 1350. The van der Waals surface area contributed by atoms with Crippen LogP contribution in [0.3, 0.4) is 0 Å². The molecule has 154 valence electrons. The summed E-state index contributed by atoms with van der Waals surface area (Å²) in [5, 5.41) is 5.57. The van der Waals surface area contributed by atoms with Crippen LogP contribution in [0.15, 0.2) is 77.9 Å². The van der Waals surface area contributed by atoms with Crippen molar-refractivity contribution in [2.24, 2.45) is 5.10 Å². The molecule has 6 heteroatoms. The lowest BCUT2D eigenvalue weighted by atomic mass is 10.1. The van der Waals surface area contributed by atoms with Gasteiger partial charge in [0.05, 0.1) is 24.4 Å². The molecule has 5 aromatic rings. The van der Waals surface area contributed by atoms with Gasteiger partial charge in [0.2, 0.25) is 5.95 Å². The first-order valence-corrected chi connectivity index (χ1v) is 10.2. The number of nitrogens with one attached hydrogen (secondary N) is 2. The molecule has 2 heterocycles. The van der Waals surface area contributed by atoms with Crippen molar-refractivity contribution in [2.75, 3.05) is 12.5 Å². The van der Waals surface area contributed by atoms with Crippen LogP contribution in [0.5, 0.6) is 5.75 Å². The maximum atomic E-state index is 5.47. The molecular weight excluding hydrogens is 386 g/mol. The number of rotatable bonds is 6. The number of aromatic amines is 1. The standard InChI is InChI=1S/C25H23N5O/c1-17-21(15-26-29-25-27-22-10-6-7-11-23(22)28-25)20-14-19(31-2)12-13-24(20)30(17)16-18-8-4-3-5-9-18/h3-15H,16H2,1-2H3,(H2,27,28,29)/b26-15+. The summed E-state index contributed by atoms with van der Waals surface area (Å²) < 4.78 is 7.78. The first kappa shape index (κ1) is 18.9. The predicted octanol–water partition coefficient (Wildman–Crippen LogP) is 5.33. The summed E-state index contributed by atoms with van der Waals surface area (Å²) in [5.74, 6) is 1.44. The van der Waals surface area contributed by atoms with Crippen molar-refractivity contribution in [3.8, 4) is 5.75 Å². The van der Waals surface area contributed by atoms with E-state index in [1.807, 2.05) is 42.6 Å². The van der Waals surface area contributed by atoms with Gasteiger partial charge in [-0.05, 0) is 42.8 Å². The van der Waals surface area contributed by atoms with Gasteiger partial charge in [-0.2, -0.15) is 5.10 Å². The second kappa shape index (κ2) is 7.99. The van der Waals surface area contributed by atoms with Crippen molar-refractivity contribution in [3.63, 3.8) is 0 Å². The highest BCUT2D eigenvalue weighted by Crippen LogP contribution is 2.29. The number of hydrogen-bond acceptors (Lipinski definition) is 4. The Hall–Kier alpha value is -4.06. The number of aromatic nitrogens is 3. The zero-order valence-corrected chi connectivity index (χ0v) is 17.5. The molecule has 2 N–H and O–H groups in total. The van der Waals surface area contributed by atoms with Crippen LogP contribution in [0.4, 0.5) is 5.95 Å². The fraction of sp³-hybridized carbons (Fsp3) is 0.120. The summed E-state index contributed by atoms with van der Waals surface area (Å²) >= 11 is 0. The van der Waals surface area contributed by atoms with E-state index in [0.29, 0.717) is 5.95 Å². The van der Waals surface area contributed by atoms with Crippen LogP contribution in [-0.4, -0.2) is 27.9 Å². The zero-order valence-electron chi connectivity index (χ0n) is 17.5. The first-order valence-electron chi connectivity index (χ1n) is 10.2. The van der Waals surface area contributed by atoms with E-state index in [4.69, 9.17) is 4.74 Å². The Labute approximate surface area is 180 Å². The van der Waals surface area contributed by atoms with Crippen LogP contribution in [-0.2, 0) is 6.54 Å². The van der Waals surface area contributed by atoms with Crippen LogP contribution in [0.1, 0.15) is 16.8 Å². The van der Waals surface area contributed by atoms with E-state index < -0.39 is 0 Å². The third-order valence-corrected chi connectivity index (χ3v) is 5.52. The third kappa shape index (κ3) is 3.64. The Kier molecular flexibility index (Phi) is 4.88. The van der Waals surface area contributed by atoms with Gasteiger partial charge in [0.15, 0.2) is 0 Å². The predicted molar refractivity (Wildman–Crippen MR) is 126 cm³/mol. The van der Waals surface area contributed by atoms with Crippen molar-refractivity contribution in [3.05, 3.63) is 89.6 Å². The molecule has 0 saturated carbocycles. The van der Waals surface area contributed by atoms with Gasteiger partial charge >= 0.3 is 0 Å². The minimum atomic E-state index is 0.612. The van der Waals surface area contributed by atoms with Gasteiger partial charge in [-0.15, -0.1) is 0 Å². The molecule has 5 rings (SSSR count). The molecule has 6 nitrogen and oxygen atoms in total. The molecule has 0 atom stereocenters. The minimum absolute atomic E-state index is 0.612. The molecule has 0 radical (unpaired) electrons. The summed E-state index contributed by atoms with van der Waals surface area (Å²) in [4.78, 5) is 7.74. The molecule has 31 heavy (non-hydrogen) atoms. The fourth-order valence-corrected chi connectivity index (χ4v) is 3.91. The van der Waals surface area contributed by atoms with E-state index in [9.17, 15) is 0 Å². The number of ether oxygens (including phenoxy) is 1. The van der Waals surface area contributed by atoms with Crippen molar-refractivity contribution in [1.29, 1.82) is 0 Å². The Morgan fingerprint density at radius 3 is 2.68 bits per heavy atom.